The summed E-state index contributed by atoms with van der Waals surface area (Å²) in [5.74, 6) is -0.344. The number of rotatable bonds is 4. The molecule has 27 heavy (non-hydrogen) atoms. The number of para-hydroxylation sites is 2. The Balaban J connectivity index is 1.66. The minimum Gasteiger partial charge on any atom is -0.378 e. The second kappa shape index (κ2) is 7.38. The Labute approximate surface area is 161 Å². The van der Waals surface area contributed by atoms with Crippen LogP contribution >= 0.6 is 11.6 Å². The van der Waals surface area contributed by atoms with Crippen LogP contribution in [0.25, 0.3) is 11.0 Å². The highest BCUT2D eigenvalue weighted by atomic mass is 35.5. The predicted octanol–water partition coefficient (Wildman–Crippen LogP) is 2.96. The van der Waals surface area contributed by atoms with Crippen LogP contribution in [0.3, 0.4) is 0 Å². The van der Waals surface area contributed by atoms with Gasteiger partial charge in [-0.1, -0.05) is 23.7 Å². The standard InChI is InChI=1S/C19H18ClN5O2/c20-13-11-12(5-6-16(13)25-7-9-27-10-8-25)22-19-17(18(21)26)23-14-3-1-2-4-15(14)24-19/h1-6,11H,7-10H2,(H2,21,26)(H,22,24). The Morgan fingerprint density at radius 3 is 2.48 bits per heavy atom. The first-order valence-electron chi connectivity index (χ1n) is 8.58. The van der Waals surface area contributed by atoms with Gasteiger partial charge in [0.15, 0.2) is 11.5 Å². The van der Waals surface area contributed by atoms with E-state index in [0.29, 0.717) is 40.8 Å². The Bertz CT molecular complexity index is 1000. The van der Waals surface area contributed by atoms with Gasteiger partial charge in [-0.05, 0) is 30.3 Å². The number of aromatic nitrogens is 2. The van der Waals surface area contributed by atoms with Gasteiger partial charge in [-0.15, -0.1) is 0 Å². The molecular formula is C19H18ClN5O2. The molecule has 0 saturated carbocycles. The summed E-state index contributed by atoms with van der Waals surface area (Å²) in [7, 11) is 0. The van der Waals surface area contributed by atoms with Crippen molar-refractivity contribution in [3.05, 3.63) is 53.2 Å². The van der Waals surface area contributed by atoms with Crippen molar-refractivity contribution in [1.82, 2.24) is 9.97 Å². The zero-order chi connectivity index (χ0) is 18.8. The maximum Gasteiger partial charge on any atom is 0.271 e. The van der Waals surface area contributed by atoms with Crippen molar-refractivity contribution in [2.75, 3.05) is 36.5 Å². The molecule has 3 N–H and O–H groups in total. The predicted molar refractivity (Wildman–Crippen MR) is 106 cm³/mol. The third-order valence-corrected chi connectivity index (χ3v) is 4.67. The summed E-state index contributed by atoms with van der Waals surface area (Å²) in [4.78, 5) is 22.8. The minimum absolute atomic E-state index is 0.0853. The molecule has 0 aliphatic carbocycles. The van der Waals surface area contributed by atoms with Crippen LogP contribution in [-0.2, 0) is 4.74 Å². The second-order valence-corrected chi connectivity index (χ2v) is 6.57. The number of primary amides is 1. The number of halogens is 1. The first-order valence-corrected chi connectivity index (χ1v) is 8.95. The molecule has 0 atom stereocenters. The van der Waals surface area contributed by atoms with E-state index in [1.165, 1.54) is 0 Å². The summed E-state index contributed by atoms with van der Waals surface area (Å²) in [5.41, 5.74) is 8.49. The summed E-state index contributed by atoms with van der Waals surface area (Å²) in [6, 6.07) is 12.9. The van der Waals surface area contributed by atoms with Crippen molar-refractivity contribution in [3.8, 4) is 0 Å². The Hall–Kier alpha value is -2.90. The molecule has 0 unspecified atom stereocenters. The molecule has 4 rings (SSSR count). The number of nitrogens with one attached hydrogen (secondary N) is 1. The van der Waals surface area contributed by atoms with Gasteiger partial charge in [0.1, 0.15) is 0 Å². The van der Waals surface area contributed by atoms with Crippen molar-refractivity contribution in [2.24, 2.45) is 5.73 Å². The Morgan fingerprint density at radius 1 is 1.11 bits per heavy atom. The Morgan fingerprint density at radius 2 is 1.81 bits per heavy atom. The van der Waals surface area contributed by atoms with Crippen LogP contribution in [0.4, 0.5) is 17.2 Å². The number of amides is 1. The van der Waals surface area contributed by atoms with Crippen LogP contribution in [-0.4, -0.2) is 42.2 Å². The number of anilines is 3. The SMILES string of the molecule is NC(=O)c1nc2ccccc2nc1Nc1ccc(N2CCOCC2)c(Cl)c1. The molecule has 2 aromatic carbocycles. The number of benzene rings is 2. The zero-order valence-electron chi connectivity index (χ0n) is 14.5. The van der Waals surface area contributed by atoms with E-state index in [0.717, 1.165) is 18.8 Å². The van der Waals surface area contributed by atoms with Crippen LogP contribution < -0.4 is 16.0 Å². The van der Waals surface area contributed by atoms with Gasteiger partial charge < -0.3 is 20.7 Å². The summed E-state index contributed by atoms with van der Waals surface area (Å²) < 4.78 is 5.38. The number of hydrogen-bond acceptors (Lipinski definition) is 6. The lowest BCUT2D eigenvalue weighted by atomic mass is 10.2. The summed E-state index contributed by atoms with van der Waals surface area (Å²) in [5, 5.41) is 3.72. The molecule has 1 aromatic heterocycles. The molecule has 2 heterocycles. The Kier molecular flexibility index (Phi) is 4.79. The van der Waals surface area contributed by atoms with Crippen LogP contribution in [0.2, 0.25) is 5.02 Å². The molecule has 1 fully saturated rings. The molecule has 1 amide bonds. The van der Waals surface area contributed by atoms with Crippen LogP contribution in [0.1, 0.15) is 10.5 Å². The number of nitrogens with zero attached hydrogens (tertiary/aromatic N) is 3. The first-order chi connectivity index (χ1) is 13.1. The lowest BCUT2D eigenvalue weighted by Gasteiger charge is -2.29. The lowest BCUT2D eigenvalue weighted by molar-refractivity contribution is 0.0996. The van der Waals surface area contributed by atoms with Gasteiger partial charge in [-0.25, -0.2) is 9.97 Å². The fourth-order valence-electron chi connectivity index (χ4n) is 3.04. The summed E-state index contributed by atoms with van der Waals surface area (Å²) >= 11 is 6.48. The number of nitrogens with two attached hydrogens (primary N) is 1. The average Bonchev–Trinajstić information content (AvgIpc) is 2.68. The van der Waals surface area contributed by atoms with Crippen molar-refractivity contribution >= 4 is 45.7 Å². The van der Waals surface area contributed by atoms with Crippen LogP contribution in [0.5, 0.6) is 0 Å². The van der Waals surface area contributed by atoms with Crippen molar-refractivity contribution in [2.45, 2.75) is 0 Å². The molecule has 1 saturated heterocycles. The molecule has 0 radical (unpaired) electrons. The number of carbonyl (C=O) groups excluding carboxylic acids is 1. The van der Waals surface area contributed by atoms with E-state index in [1.54, 1.807) is 12.1 Å². The average molecular weight is 384 g/mol. The molecule has 1 aliphatic heterocycles. The highest BCUT2D eigenvalue weighted by Crippen LogP contribution is 2.31. The third kappa shape index (κ3) is 3.65. The smallest absolute Gasteiger partial charge is 0.271 e. The van der Waals surface area contributed by atoms with E-state index in [2.05, 4.69) is 20.2 Å². The van der Waals surface area contributed by atoms with Gasteiger partial charge in [0, 0.05) is 18.8 Å². The van der Waals surface area contributed by atoms with Crippen LogP contribution in [0.15, 0.2) is 42.5 Å². The van der Waals surface area contributed by atoms with Crippen molar-refractivity contribution in [3.63, 3.8) is 0 Å². The molecule has 0 bridgehead atoms. The largest absolute Gasteiger partial charge is 0.378 e. The summed E-state index contributed by atoms with van der Waals surface area (Å²) in [6.07, 6.45) is 0. The topological polar surface area (TPSA) is 93.4 Å². The fraction of sp³-hybridized carbons (Fsp3) is 0.211. The van der Waals surface area contributed by atoms with Gasteiger partial charge in [0.25, 0.3) is 5.91 Å². The second-order valence-electron chi connectivity index (χ2n) is 6.16. The fourth-order valence-corrected chi connectivity index (χ4v) is 3.34. The highest BCUT2D eigenvalue weighted by Gasteiger charge is 2.17. The van der Waals surface area contributed by atoms with E-state index in [1.807, 2.05) is 30.3 Å². The molecule has 3 aromatic rings. The quantitative estimate of drug-likeness (QED) is 0.719. The number of ether oxygens (including phenoxy) is 1. The van der Waals surface area contributed by atoms with E-state index < -0.39 is 5.91 Å². The van der Waals surface area contributed by atoms with Gasteiger partial charge >= 0.3 is 0 Å². The highest BCUT2D eigenvalue weighted by molar-refractivity contribution is 6.33. The maximum atomic E-state index is 11.8. The molecule has 138 valence electrons. The van der Waals surface area contributed by atoms with Gasteiger partial charge in [-0.2, -0.15) is 0 Å². The van der Waals surface area contributed by atoms with Gasteiger partial charge in [0.05, 0.1) is 35.0 Å². The molecule has 0 spiro atoms. The molecule has 1 aliphatic rings. The van der Waals surface area contributed by atoms with Crippen molar-refractivity contribution < 1.29 is 9.53 Å². The lowest BCUT2D eigenvalue weighted by Crippen LogP contribution is -2.36. The van der Waals surface area contributed by atoms with Crippen LogP contribution in [0, 0.1) is 0 Å². The van der Waals surface area contributed by atoms with E-state index in [9.17, 15) is 4.79 Å². The number of morpholine rings is 1. The molecule has 7 nitrogen and oxygen atoms in total. The van der Waals surface area contributed by atoms with Gasteiger partial charge in [0.2, 0.25) is 0 Å². The minimum atomic E-state index is -0.646. The van der Waals surface area contributed by atoms with E-state index in [-0.39, 0.29) is 5.69 Å². The van der Waals surface area contributed by atoms with Crippen molar-refractivity contribution in [1.29, 1.82) is 0 Å². The zero-order valence-corrected chi connectivity index (χ0v) is 15.2. The molecular weight excluding hydrogens is 366 g/mol. The monoisotopic (exact) mass is 383 g/mol. The summed E-state index contributed by atoms with van der Waals surface area (Å²) in [6.45, 7) is 2.97. The van der Waals surface area contributed by atoms with E-state index in [4.69, 9.17) is 22.1 Å². The normalized spacial score (nSPS) is 14.3. The number of hydrogen-bond donors (Lipinski definition) is 2. The third-order valence-electron chi connectivity index (χ3n) is 4.37. The van der Waals surface area contributed by atoms with Gasteiger partial charge in [-0.3, -0.25) is 4.79 Å². The van der Waals surface area contributed by atoms with E-state index >= 15 is 0 Å². The number of fused-ring (bicyclic) bond motifs is 1. The molecule has 8 heteroatoms. The first kappa shape index (κ1) is 17.5. The maximum absolute atomic E-state index is 11.8. The number of carbonyl (C=O) groups is 1.